The molecule has 0 saturated carbocycles. The zero-order chi connectivity index (χ0) is 15.4. The number of H-pyrrole nitrogens is 1. The number of benzene rings is 2. The number of nitrogens with zero attached hydrogens (tertiary/aromatic N) is 2. The van der Waals surface area contributed by atoms with E-state index in [2.05, 4.69) is 27.3 Å². The number of hydrogen-bond acceptors (Lipinski definition) is 3. The van der Waals surface area contributed by atoms with Crippen LogP contribution in [0.25, 0.3) is 10.9 Å². The van der Waals surface area contributed by atoms with Gasteiger partial charge >= 0.3 is 0 Å². The maximum Gasteiger partial charge on any atom is 0.120 e. The van der Waals surface area contributed by atoms with Crippen LogP contribution >= 0.6 is 0 Å². The number of ether oxygens (including phenoxy) is 1. The van der Waals surface area contributed by atoms with E-state index < -0.39 is 0 Å². The van der Waals surface area contributed by atoms with Crippen molar-refractivity contribution in [1.29, 1.82) is 0 Å². The molecule has 4 heteroatoms. The second kappa shape index (κ2) is 6.43. The fraction of sp³-hybridized carbons (Fsp3) is 0.222. The molecule has 1 aromatic heterocycles. The summed E-state index contributed by atoms with van der Waals surface area (Å²) in [6.45, 7) is 2.58. The minimum atomic E-state index is 0.564. The zero-order valence-electron chi connectivity index (χ0n) is 12.8. The first-order valence-electron chi connectivity index (χ1n) is 7.32. The number of aromatic nitrogens is 2. The Morgan fingerprint density at radius 1 is 1.18 bits per heavy atom. The minimum absolute atomic E-state index is 0.564. The summed E-state index contributed by atoms with van der Waals surface area (Å²) in [4.78, 5) is 4.21. The van der Waals surface area contributed by atoms with Crippen LogP contribution in [-0.4, -0.2) is 23.0 Å². The van der Waals surface area contributed by atoms with Crippen LogP contribution in [0.3, 0.4) is 0 Å². The highest BCUT2D eigenvalue weighted by molar-refractivity contribution is 5.90. The fourth-order valence-electron chi connectivity index (χ4n) is 2.34. The molecule has 1 heterocycles. The van der Waals surface area contributed by atoms with Crippen molar-refractivity contribution in [3.63, 3.8) is 0 Å². The highest BCUT2D eigenvalue weighted by atomic mass is 16.5. The molecule has 4 nitrogen and oxygen atoms in total. The van der Waals surface area contributed by atoms with Crippen LogP contribution in [0.5, 0.6) is 5.75 Å². The Balaban J connectivity index is 1.81. The minimum Gasteiger partial charge on any atom is -0.489 e. The third kappa shape index (κ3) is 3.17. The highest BCUT2D eigenvalue weighted by Gasteiger charge is 2.08. The maximum atomic E-state index is 5.88. The van der Waals surface area contributed by atoms with Gasteiger partial charge in [0, 0.05) is 30.3 Å². The molecule has 112 valence electrons. The van der Waals surface area contributed by atoms with E-state index in [0.29, 0.717) is 6.61 Å². The molecule has 0 aliphatic rings. The standard InChI is InChI=1S/C18H19N3O/c1-13(19-2)10-18-16-11-15(8-9-17(16)20-21-18)22-12-14-6-4-3-5-7-14/h3-9,11H,10,12H2,1-2H3,(H,20,21). The Kier molecular flexibility index (Phi) is 4.19. The quantitative estimate of drug-likeness (QED) is 0.728. The monoisotopic (exact) mass is 293 g/mol. The van der Waals surface area contributed by atoms with Gasteiger partial charge < -0.3 is 4.74 Å². The summed E-state index contributed by atoms with van der Waals surface area (Å²) in [5.74, 6) is 0.852. The van der Waals surface area contributed by atoms with Crippen molar-refractivity contribution < 1.29 is 4.74 Å². The smallest absolute Gasteiger partial charge is 0.120 e. The third-order valence-corrected chi connectivity index (χ3v) is 3.67. The van der Waals surface area contributed by atoms with E-state index in [1.165, 1.54) is 0 Å². The van der Waals surface area contributed by atoms with Crippen LogP contribution in [0.2, 0.25) is 0 Å². The highest BCUT2D eigenvalue weighted by Crippen LogP contribution is 2.23. The molecule has 2 aromatic carbocycles. The first kappa shape index (κ1) is 14.3. The van der Waals surface area contributed by atoms with Gasteiger partial charge in [-0.2, -0.15) is 5.10 Å². The van der Waals surface area contributed by atoms with Crippen molar-refractivity contribution in [3.8, 4) is 5.75 Å². The number of nitrogens with one attached hydrogen (secondary N) is 1. The Morgan fingerprint density at radius 3 is 2.77 bits per heavy atom. The lowest BCUT2D eigenvalue weighted by molar-refractivity contribution is 0.306. The summed E-state index contributed by atoms with van der Waals surface area (Å²) in [5.41, 5.74) is 4.25. The fourth-order valence-corrected chi connectivity index (χ4v) is 2.34. The van der Waals surface area contributed by atoms with Crippen molar-refractivity contribution in [2.24, 2.45) is 4.99 Å². The molecule has 3 aromatic rings. The lowest BCUT2D eigenvalue weighted by Crippen LogP contribution is -1.98. The van der Waals surface area contributed by atoms with Crippen molar-refractivity contribution >= 4 is 16.6 Å². The predicted molar refractivity (Wildman–Crippen MR) is 89.6 cm³/mol. The Bertz CT molecular complexity index is 790. The summed E-state index contributed by atoms with van der Waals surface area (Å²) in [5, 5.41) is 8.51. The van der Waals surface area contributed by atoms with Gasteiger partial charge in [0.1, 0.15) is 12.4 Å². The Morgan fingerprint density at radius 2 is 2.00 bits per heavy atom. The summed E-state index contributed by atoms with van der Waals surface area (Å²) in [7, 11) is 1.81. The van der Waals surface area contributed by atoms with Gasteiger partial charge in [0.25, 0.3) is 0 Å². The van der Waals surface area contributed by atoms with E-state index in [4.69, 9.17) is 4.74 Å². The molecular formula is C18H19N3O. The Hall–Kier alpha value is -2.62. The van der Waals surface area contributed by atoms with Gasteiger partial charge in [-0.1, -0.05) is 30.3 Å². The van der Waals surface area contributed by atoms with Gasteiger partial charge in [-0.3, -0.25) is 10.1 Å². The summed E-state index contributed by atoms with van der Waals surface area (Å²) < 4.78 is 5.88. The zero-order valence-corrected chi connectivity index (χ0v) is 12.8. The first-order valence-corrected chi connectivity index (χ1v) is 7.32. The molecule has 0 spiro atoms. The summed E-state index contributed by atoms with van der Waals surface area (Å²) >= 11 is 0. The van der Waals surface area contributed by atoms with Crippen LogP contribution in [0.15, 0.2) is 53.5 Å². The van der Waals surface area contributed by atoms with Crippen molar-refractivity contribution in [2.45, 2.75) is 20.0 Å². The number of rotatable bonds is 5. The molecule has 1 N–H and O–H groups in total. The molecule has 0 radical (unpaired) electrons. The van der Waals surface area contributed by atoms with Gasteiger partial charge in [-0.05, 0) is 30.7 Å². The van der Waals surface area contributed by atoms with Crippen LogP contribution in [0, 0.1) is 0 Å². The third-order valence-electron chi connectivity index (χ3n) is 3.67. The SMILES string of the molecule is CN=C(C)Cc1[nH]nc2ccc(OCc3ccccc3)cc12. The van der Waals surface area contributed by atoms with E-state index in [1.807, 2.05) is 50.4 Å². The predicted octanol–water partition coefficient (Wildman–Crippen LogP) is 3.78. The molecule has 0 saturated heterocycles. The topological polar surface area (TPSA) is 50.3 Å². The van der Waals surface area contributed by atoms with E-state index >= 15 is 0 Å². The van der Waals surface area contributed by atoms with Crippen molar-refractivity contribution in [2.75, 3.05) is 7.05 Å². The number of hydrogen-bond donors (Lipinski definition) is 1. The number of aliphatic imine (C=N–C) groups is 1. The van der Waals surface area contributed by atoms with E-state index in [1.54, 1.807) is 0 Å². The lowest BCUT2D eigenvalue weighted by atomic mass is 10.1. The average molecular weight is 293 g/mol. The largest absolute Gasteiger partial charge is 0.489 e. The summed E-state index contributed by atoms with van der Waals surface area (Å²) in [6.07, 6.45) is 0.773. The number of aromatic amines is 1. The molecule has 0 fully saturated rings. The second-order valence-corrected chi connectivity index (χ2v) is 5.29. The van der Waals surface area contributed by atoms with E-state index in [-0.39, 0.29) is 0 Å². The van der Waals surface area contributed by atoms with Crippen LogP contribution < -0.4 is 4.74 Å². The molecule has 0 unspecified atom stereocenters. The molecule has 0 aliphatic heterocycles. The second-order valence-electron chi connectivity index (χ2n) is 5.29. The molecule has 0 amide bonds. The van der Waals surface area contributed by atoms with Crippen LogP contribution in [0.1, 0.15) is 18.2 Å². The van der Waals surface area contributed by atoms with Gasteiger partial charge in [0.05, 0.1) is 5.52 Å². The molecule has 0 aliphatic carbocycles. The average Bonchev–Trinajstić information content (AvgIpc) is 2.96. The van der Waals surface area contributed by atoms with Gasteiger partial charge in [0.2, 0.25) is 0 Å². The molecule has 0 atom stereocenters. The van der Waals surface area contributed by atoms with Gasteiger partial charge in [-0.15, -0.1) is 0 Å². The first-order chi connectivity index (χ1) is 10.8. The van der Waals surface area contributed by atoms with Gasteiger partial charge in [0.15, 0.2) is 0 Å². The van der Waals surface area contributed by atoms with Crippen molar-refractivity contribution in [3.05, 3.63) is 59.8 Å². The normalized spacial score (nSPS) is 11.8. The molecular weight excluding hydrogens is 274 g/mol. The number of fused-ring (bicyclic) bond motifs is 1. The van der Waals surface area contributed by atoms with E-state index in [9.17, 15) is 0 Å². The van der Waals surface area contributed by atoms with Crippen LogP contribution in [-0.2, 0) is 13.0 Å². The Labute approximate surface area is 129 Å². The lowest BCUT2D eigenvalue weighted by Gasteiger charge is -2.06. The van der Waals surface area contributed by atoms with Gasteiger partial charge in [-0.25, -0.2) is 0 Å². The summed E-state index contributed by atoms with van der Waals surface area (Å²) in [6, 6.07) is 16.1. The van der Waals surface area contributed by atoms with Crippen molar-refractivity contribution in [1.82, 2.24) is 10.2 Å². The molecule has 3 rings (SSSR count). The maximum absolute atomic E-state index is 5.88. The molecule has 0 bridgehead atoms. The van der Waals surface area contributed by atoms with E-state index in [0.717, 1.165) is 40.0 Å². The van der Waals surface area contributed by atoms with Crippen LogP contribution in [0.4, 0.5) is 0 Å². The molecule has 22 heavy (non-hydrogen) atoms.